The highest BCUT2D eigenvalue weighted by atomic mass is 19.1. The number of aryl methyl sites for hydroxylation is 1. The fourth-order valence-electron chi connectivity index (χ4n) is 3.51. The molecule has 1 atom stereocenters. The van der Waals surface area contributed by atoms with E-state index in [0.29, 0.717) is 12.1 Å². The van der Waals surface area contributed by atoms with Crippen molar-refractivity contribution in [3.63, 3.8) is 0 Å². The predicted molar refractivity (Wildman–Crippen MR) is 103 cm³/mol. The largest absolute Gasteiger partial charge is 0.374 e. The first-order valence-corrected chi connectivity index (χ1v) is 8.95. The Morgan fingerprint density at radius 1 is 1.07 bits per heavy atom. The average molecular weight is 361 g/mol. The number of benzene rings is 2. The molecular weight excluding hydrogens is 341 g/mol. The molecule has 1 aliphatic heterocycles. The van der Waals surface area contributed by atoms with Crippen LogP contribution in [0.2, 0.25) is 0 Å². The Balaban J connectivity index is 1.74. The lowest BCUT2D eigenvalue weighted by Gasteiger charge is -2.23. The lowest BCUT2D eigenvalue weighted by Crippen LogP contribution is -2.31. The van der Waals surface area contributed by atoms with E-state index in [0.717, 1.165) is 34.4 Å². The summed E-state index contributed by atoms with van der Waals surface area (Å²) in [5, 5.41) is 6.33. The van der Waals surface area contributed by atoms with Crippen LogP contribution < -0.4 is 10.6 Å². The zero-order valence-corrected chi connectivity index (χ0v) is 15.0. The van der Waals surface area contributed by atoms with Gasteiger partial charge in [0.2, 0.25) is 0 Å². The highest BCUT2D eigenvalue weighted by Gasteiger charge is 2.19. The van der Waals surface area contributed by atoms with Crippen LogP contribution in [0.3, 0.4) is 0 Å². The topological polar surface area (TPSA) is 54.0 Å². The molecule has 27 heavy (non-hydrogen) atoms. The summed E-state index contributed by atoms with van der Waals surface area (Å²) in [5.74, 6) is -0.322. The van der Waals surface area contributed by atoms with Crippen molar-refractivity contribution in [2.45, 2.75) is 19.4 Å². The number of carbonyl (C=O) groups excluding carboxylic acids is 1. The summed E-state index contributed by atoms with van der Waals surface area (Å²) in [7, 11) is 0. The molecule has 0 fully saturated rings. The van der Waals surface area contributed by atoms with Gasteiger partial charge in [0.25, 0.3) is 5.91 Å². The third-order valence-electron chi connectivity index (χ3n) is 4.78. The number of pyridine rings is 1. The molecule has 0 saturated heterocycles. The van der Waals surface area contributed by atoms with E-state index in [4.69, 9.17) is 0 Å². The van der Waals surface area contributed by atoms with Crippen LogP contribution in [-0.2, 0) is 6.42 Å². The number of rotatable bonds is 4. The Hall–Kier alpha value is -3.21. The Labute approximate surface area is 157 Å². The first-order chi connectivity index (χ1) is 13.1. The molecule has 4 rings (SSSR count). The van der Waals surface area contributed by atoms with Gasteiger partial charge in [-0.15, -0.1) is 0 Å². The molecule has 1 amide bonds. The molecule has 0 bridgehead atoms. The van der Waals surface area contributed by atoms with Crippen molar-refractivity contribution in [3.8, 4) is 0 Å². The summed E-state index contributed by atoms with van der Waals surface area (Å²) in [4.78, 5) is 16.2. The molecule has 5 heteroatoms. The maximum Gasteiger partial charge on any atom is 0.251 e. The lowest BCUT2D eigenvalue weighted by atomic mass is 9.96. The molecule has 2 heterocycles. The molecule has 3 aromatic rings. The van der Waals surface area contributed by atoms with Gasteiger partial charge in [0, 0.05) is 30.2 Å². The summed E-state index contributed by atoms with van der Waals surface area (Å²) in [6.45, 7) is 2.54. The molecule has 0 aliphatic carbocycles. The maximum absolute atomic E-state index is 14.0. The van der Waals surface area contributed by atoms with E-state index >= 15 is 0 Å². The molecule has 1 aromatic heterocycles. The smallest absolute Gasteiger partial charge is 0.251 e. The van der Waals surface area contributed by atoms with Gasteiger partial charge >= 0.3 is 0 Å². The molecule has 2 N–H and O–H groups in total. The second kappa shape index (κ2) is 7.19. The number of anilines is 1. The lowest BCUT2D eigenvalue weighted by molar-refractivity contribution is 0.0946. The van der Waals surface area contributed by atoms with Crippen LogP contribution in [-0.4, -0.2) is 17.4 Å². The zero-order chi connectivity index (χ0) is 18.8. The minimum absolute atomic E-state index is 0.0537. The van der Waals surface area contributed by atoms with Crippen molar-refractivity contribution in [1.82, 2.24) is 10.3 Å². The Kier molecular flexibility index (Phi) is 4.59. The highest BCUT2D eigenvalue weighted by molar-refractivity contribution is 5.97. The Morgan fingerprint density at radius 3 is 2.67 bits per heavy atom. The molecule has 0 spiro atoms. The molecule has 2 aromatic carbocycles. The molecule has 4 nitrogen and oxygen atoms in total. The fourth-order valence-corrected chi connectivity index (χ4v) is 3.51. The monoisotopic (exact) mass is 361 g/mol. The molecule has 0 radical (unpaired) electrons. The van der Waals surface area contributed by atoms with Gasteiger partial charge in [0.1, 0.15) is 5.82 Å². The number of nitrogens with one attached hydrogen (secondary N) is 2. The van der Waals surface area contributed by atoms with Gasteiger partial charge < -0.3 is 10.6 Å². The summed E-state index contributed by atoms with van der Waals surface area (Å²) in [6, 6.07) is 14.4. The normalized spacial score (nSPS) is 14.2. The van der Waals surface area contributed by atoms with Crippen LogP contribution in [0.4, 0.5) is 10.1 Å². The predicted octanol–water partition coefficient (Wildman–Crippen LogP) is 4.02. The van der Waals surface area contributed by atoms with Gasteiger partial charge in [-0.2, -0.15) is 0 Å². The molecular formula is C22H20FN3O. The minimum atomic E-state index is -0.268. The summed E-state index contributed by atoms with van der Waals surface area (Å²) >= 11 is 0. The van der Waals surface area contributed by atoms with Crippen LogP contribution in [0.1, 0.15) is 38.7 Å². The van der Waals surface area contributed by atoms with Crippen LogP contribution in [0, 0.1) is 12.7 Å². The standard InChI is InChI=1S/C22H20FN3O/c1-14-10-17(12-18(23)11-14)21(16-4-7-24-8-5-16)26-19-3-2-15-6-9-25-22(27)20(15)13-19/h2-5,7-8,10-13,21,26H,6,9H2,1H3,(H,25,27). The quantitative estimate of drug-likeness (QED) is 0.738. The van der Waals surface area contributed by atoms with Crippen molar-refractivity contribution in [2.75, 3.05) is 11.9 Å². The van der Waals surface area contributed by atoms with Crippen molar-refractivity contribution in [3.05, 3.63) is 94.6 Å². The van der Waals surface area contributed by atoms with Crippen LogP contribution >= 0.6 is 0 Å². The number of aromatic nitrogens is 1. The molecule has 1 unspecified atom stereocenters. The van der Waals surface area contributed by atoms with E-state index in [2.05, 4.69) is 15.6 Å². The first-order valence-electron chi connectivity index (χ1n) is 8.95. The molecule has 136 valence electrons. The van der Waals surface area contributed by atoms with Crippen molar-refractivity contribution < 1.29 is 9.18 Å². The number of amides is 1. The fraction of sp³-hybridized carbons (Fsp3) is 0.182. The number of carbonyl (C=O) groups is 1. The highest BCUT2D eigenvalue weighted by Crippen LogP contribution is 2.29. The number of hydrogen-bond donors (Lipinski definition) is 2. The maximum atomic E-state index is 14.0. The SMILES string of the molecule is Cc1cc(F)cc(C(Nc2ccc3c(c2)C(=O)NCC3)c2ccncc2)c1. The van der Waals surface area contributed by atoms with E-state index < -0.39 is 0 Å². The average Bonchev–Trinajstić information content (AvgIpc) is 2.66. The van der Waals surface area contributed by atoms with Gasteiger partial charge in [-0.25, -0.2) is 4.39 Å². The second-order valence-corrected chi connectivity index (χ2v) is 6.80. The van der Waals surface area contributed by atoms with E-state index in [-0.39, 0.29) is 17.8 Å². The van der Waals surface area contributed by atoms with Gasteiger partial charge in [0.15, 0.2) is 0 Å². The van der Waals surface area contributed by atoms with Crippen LogP contribution in [0.5, 0.6) is 0 Å². The molecule has 1 aliphatic rings. The summed E-state index contributed by atoms with van der Waals surface area (Å²) < 4.78 is 14.0. The third kappa shape index (κ3) is 3.67. The van der Waals surface area contributed by atoms with E-state index in [1.165, 1.54) is 12.1 Å². The van der Waals surface area contributed by atoms with Crippen molar-refractivity contribution >= 4 is 11.6 Å². The zero-order valence-electron chi connectivity index (χ0n) is 15.0. The number of nitrogens with zero attached hydrogens (tertiary/aromatic N) is 1. The minimum Gasteiger partial charge on any atom is -0.374 e. The van der Waals surface area contributed by atoms with E-state index in [1.807, 2.05) is 43.3 Å². The van der Waals surface area contributed by atoms with Crippen molar-refractivity contribution in [2.24, 2.45) is 0 Å². The second-order valence-electron chi connectivity index (χ2n) is 6.80. The molecule has 0 saturated carbocycles. The van der Waals surface area contributed by atoms with Crippen molar-refractivity contribution in [1.29, 1.82) is 0 Å². The Morgan fingerprint density at radius 2 is 1.89 bits per heavy atom. The van der Waals surface area contributed by atoms with Gasteiger partial charge in [-0.05, 0) is 72.0 Å². The first kappa shape index (κ1) is 17.2. The van der Waals surface area contributed by atoms with Gasteiger partial charge in [-0.3, -0.25) is 9.78 Å². The number of hydrogen-bond acceptors (Lipinski definition) is 3. The number of fused-ring (bicyclic) bond motifs is 1. The summed E-state index contributed by atoms with van der Waals surface area (Å²) in [6.07, 6.45) is 4.27. The Bertz CT molecular complexity index is 968. The number of halogens is 1. The van der Waals surface area contributed by atoms with Crippen LogP contribution in [0.25, 0.3) is 0 Å². The van der Waals surface area contributed by atoms with Gasteiger partial charge in [0.05, 0.1) is 6.04 Å². The van der Waals surface area contributed by atoms with Gasteiger partial charge in [-0.1, -0.05) is 12.1 Å². The third-order valence-corrected chi connectivity index (χ3v) is 4.78. The summed E-state index contributed by atoms with van der Waals surface area (Å²) in [5.41, 5.74) is 5.20. The van der Waals surface area contributed by atoms with Crippen LogP contribution in [0.15, 0.2) is 60.9 Å². The van der Waals surface area contributed by atoms with E-state index in [1.54, 1.807) is 12.4 Å². The van der Waals surface area contributed by atoms with E-state index in [9.17, 15) is 9.18 Å².